The van der Waals surface area contributed by atoms with E-state index in [1.807, 2.05) is 30.3 Å². The molecule has 2 amide bonds. The fraction of sp³-hybridized carbons (Fsp3) is 0.150. The van der Waals surface area contributed by atoms with Crippen LogP contribution in [0.25, 0.3) is 0 Å². The van der Waals surface area contributed by atoms with Gasteiger partial charge in [-0.3, -0.25) is 9.59 Å². The summed E-state index contributed by atoms with van der Waals surface area (Å²) >= 11 is 13.0. The van der Waals surface area contributed by atoms with E-state index in [1.165, 1.54) is 6.07 Å². The van der Waals surface area contributed by atoms with E-state index in [4.69, 9.17) is 23.2 Å². The quantitative estimate of drug-likeness (QED) is 0.718. The molecule has 0 radical (unpaired) electrons. The number of carbonyl (C=O) groups is 2. The summed E-state index contributed by atoms with van der Waals surface area (Å²) < 4.78 is 0. The van der Waals surface area contributed by atoms with Crippen molar-refractivity contribution in [3.05, 3.63) is 74.7 Å². The summed E-state index contributed by atoms with van der Waals surface area (Å²) in [6, 6.07) is 16.3. The SMILES string of the molecule is N#CC1=C(SCC(=O)Nc2ccc(Cl)cc2Cl)NC(=O)C[C@H]1c1ccccc1. The summed E-state index contributed by atoms with van der Waals surface area (Å²) in [5, 5.41) is 16.3. The van der Waals surface area contributed by atoms with Crippen molar-refractivity contribution in [2.24, 2.45) is 0 Å². The van der Waals surface area contributed by atoms with Crippen molar-refractivity contribution >= 4 is 52.5 Å². The molecule has 0 spiro atoms. The number of halogens is 2. The summed E-state index contributed by atoms with van der Waals surface area (Å²) in [5.74, 6) is -0.802. The molecule has 1 aliphatic heterocycles. The molecule has 2 aromatic rings. The van der Waals surface area contributed by atoms with E-state index in [9.17, 15) is 14.9 Å². The number of rotatable bonds is 5. The summed E-state index contributed by atoms with van der Waals surface area (Å²) in [5.41, 5.74) is 1.79. The molecule has 0 bridgehead atoms. The topological polar surface area (TPSA) is 82.0 Å². The van der Waals surface area contributed by atoms with Crippen LogP contribution in [0.15, 0.2) is 59.1 Å². The number of allylic oxidation sites excluding steroid dienone is 1. The number of thioether (sulfide) groups is 1. The maximum Gasteiger partial charge on any atom is 0.234 e. The van der Waals surface area contributed by atoms with E-state index < -0.39 is 0 Å². The van der Waals surface area contributed by atoms with Crippen LogP contribution >= 0.6 is 35.0 Å². The first-order chi connectivity index (χ1) is 13.5. The molecule has 1 aliphatic rings. The molecule has 28 heavy (non-hydrogen) atoms. The minimum atomic E-state index is -0.323. The van der Waals surface area contributed by atoms with Gasteiger partial charge >= 0.3 is 0 Å². The largest absolute Gasteiger partial charge is 0.324 e. The molecule has 0 saturated carbocycles. The van der Waals surface area contributed by atoms with Crippen molar-refractivity contribution < 1.29 is 9.59 Å². The highest BCUT2D eigenvalue weighted by molar-refractivity contribution is 8.03. The van der Waals surface area contributed by atoms with Gasteiger partial charge in [0.25, 0.3) is 0 Å². The van der Waals surface area contributed by atoms with Crippen LogP contribution in [-0.4, -0.2) is 17.6 Å². The minimum Gasteiger partial charge on any atom is -0.324 e. The van der Waals surface area contributed by atoms with Gasteiger partial charge in [0.05, 0.1) is 33.1 Å². The second-order valence-corrected chi connectivity index (χ2v) is 7.86. The Hall–Kier alpha value is -2.46. The van der Waals surface area contributed by atoms with Crippen LogP contribution in [0.3, 0.4) is 0 Å². The second kappa shape index (κ2) is 9.16. The highest BCUT2D eigenvalue weighted by Gasteiger charge is 2.29. The van der Waals surface area contributed by atoms with Gasteiger partial charge in [-0.1, -0.05) is 65.3 Å². The van der Waals surface area contributed by atoms with Gasteiger partial charge in [-0.2, -0.15) is 5.26 Å². The van der Waals surface area contributed by atoms with E-state index in [-0.39, 0.29) is 29.9 Å². The first kappa shape index (κ1) is 20.3. The Morgan fingerprint density at radius 3 is 2.68 bits per heavy atom. The summed E-state index contributed by atoms with van der Waals surface area (Å²) in [4.78, 5) is 24.4. The number of carbonyl (C=O) groups excluding carboxylic acids is 2. The molecule has 8 heteroatoms. The van der Waals surface area contributed by atoms with Crippen LogP contribution in [-0.2, 0) is 9.59 Å². The van der Waals surface area contributed by atoms with Gasteiger partial charge in [0.2, 0.25) is 11.8 Å². The van der Waals surface area contributed by atoms with Crippen LogP contribution in [0.2, 0.25) is 10.0 Å². The molecule has 1 atom stereocenters. The molecule has 0 aliphatic carbocycles. The third-order valence-electron chi connectivity index (χ3n) is 4.11. The molecule has 2 N–H and O–H groups in total. The van der Waals surface area contributed by atoms with Crippen LogP contribution in [0.4, 0.5) is 5.69 Å². The molecular weight excluding hydrogens is 417 g/mol. The lowest BCUT2D eigenvalue weighted by Gasteiger charge is -2.25. The number of hydrogen-bond donors (Lipinski definition) is 2. The maximum atomic E-state index is 12.3. The van der Waals surface area contributed by atoms with Crippen molar-refractivity contribution in [2.75, 3.05) is 11.1 Å². The Bertz CT molecular complexity index is 987. The Kier molecular flexibility index (Phi) is 6.63. The van der Waals surface area contributed by atoms with Gasteiger partial charge < -0.3 is 10.6 Å². The number of nitriles is 1. The standard InChI is InChI=1S/C20H15Cl2N3O2S/c21-13-6-7-17(16(22)8-13)24-19(27)11-28-20-15(10-23)14(9-18(26)25-20)12-4-2-1-3-5-12/h1-8,14H,9,11H2,(H,24,27)(H,25,26)/t14-/m0/s1. The van der Waals surface area contributed by atoms with Crippen molar-refractivity contribution in [3.8, 4) is 6.07 Å². The molecule has 1 heterocycles. The maximum absolute atomic E-state index is 12.3. The van der Waals surface area contributed by atoms with Gasteiger partial charge in [0.15, 0.2) is 0 Å². The number of nitrogens with zero attached hydrogens (tertiary/aromatic N) is 1. The highest BCUT2D eigenvalue weighted by atomic mass is 35.5. The lowest BCUT2D eigenvalue weighted by atomic mass is 9.87. The van der Waals surface area contributed by atoms with E-state index in [1.54, 1.807) is 12.1 Å². The Balaban J connectivity index is 1.74. The smallest absolute Gasteiger partial charge is 0.234 e. The molecule has 0 fully saturated rings. The van der Waals surface area contributed by atoms with Crippen molar-refractivity contribution in [3.63, 3.8) is 0 Å². The van der Waals surface area contributed by atoms with Gasteiger partial charge in [-0.25, -0.2) is 0 Å². The lowest BCUT2D eigenvalue weighted by Crippen LogP contribution is -2.31. The van der Waals surface area contributed by atoms with Crippen LogP contribution in [0.1, 0.15) is 17.9 Å². The van der Waals surface area contributed by atoms with Crippen LogP contribution in [0.5, 0.6) is 0 Å². The zero-order valence-corrected chi connectivity index (χ0v) is 16.9. The Morgan fingerprint density at radius 1 is 1.25 bits per heavy atom. The molecule has 5 nitrogen and oxygen atoms in total. The number of amides is 2. The van der Waals surface area contributed by atoms with Gasteiger partial charge in [-0.05, 0) is 23.8 Å². The van der Waals surface area contributed by atoms with Gasteiger partial charge in [0.1, 0.15) is 0 Å². The predicted molar refractivity (Wildman–Crippen MR) is 112 cm³/mol. The predicted octanol–water partition coefficient (Wildman–Crippen LogP) is 4.70. The van der Waals surface area contributed by atoms with Gasteiger partial charge in [0, 0.05) is 17.4 Å². The molecule has 3 rings (SSSR count). The van der Waals surface area contributed by atoms with E-state index in [0.29, 0.717) is 26.3 Å². The number of benzene rings is 2. The average Bonchev–Trinajstić information content (AvgIpc) is 2.68. The molecule has 0 saturated heterocycles. The summed E-state index contributed by atoms with van der Waals surface area (Å²) in [6.07, 6.45) is 0.198. The van der Waals surface area contributed by atoms with Gasteiger partial charge in [-0.15, -0.1) is 0 Å². The zero-order valence-electron chi connectivity index (χ0n) is 14.5. The second-order valence-electron chi connectivity index (χ2n) is 6.03. The van der Waals surface area contributed by atoms with E-state index in [2.05, 4.69) is 16.7 Å². The fourth-order valence-electron chi connectivity index (χ4n) is 2.82. The molecule has 142 valence electrons. The van der Waals surface area contributed by atoms with E-state index in [0.717, 1.165) is 17.3 Å². The Morgan fingerprint density at radius 2 is 2.00 bits per heavy atom. The fourth-order valence-corrected chi connectivity index (χ4v) is 4.15. The monoisotopic (exact) mass is 431 g/mol. The molecule has 2 aromatic carbocycles. The highest BCUT2D eigenvalue weighted by Crippen LogP contribution is 2.36. The van der Waals surface area contributed by atoms with Crippen LogP contribution in [0, 0.1) is 11.3 Å². The lowest BCUT2D eigenvalue weighted by molar-refractivity contribution is -0.121. The van der Waals surface area contributed by atoms with Crippen molar-refractivity contribution in [1.82, 2.24) is 5.32 Å². The van der Waals surface area contributed by atoms with E-state index >= 15 is 0 Å². The zero-order chi connectivity index (χ0) is 20.1. The molecule has 0 unspecified atom stereocenters. The summed E-state index contributed by atoms with van der Waals surface area (Å²) in [6.45, 7) is 0. The normalized spacial score (nSPS) is 16.3. The number of nitrogens with one attached hydrogen (secondary N) is 2. The average molecular weight is 432 g/mol. The number of hydrogen-bond acceptors (Lipinski definition) is 4. The van der Waals surface area contributed by atoms with Crippen molar-refractivity contribution in [2.45, 2.75) is 12.3 Å². The molecule has 0 aromatic heterocycles. The first-order valence-electron chi connectivity index (χ1n) is 8.34. The summed E-state index contributed by atoms with van der Waals surface area (Å²) in [7, 11) is 0. The minimum absolute atomic E-state index is 0.0151. The van der Waals surface area contributed by atoms with Crippen molar-refractivity contribution in [1.29, 1.82) is 5.26 Å². The first-order valence-corrected chi connectivity index (χ1v) is 10.1. The Labute approximate surface area is 176 Å². The van der Waals surface area contributed by atoms with Crippen LogP contribution < -0.4 is 10.6 Å². The third kappa shape index (κ3) is 4.87. The molecular formula is C20H15Cl2N3O2S. The third-order valence-corrected chi connectivity index (χ3v) is 5.68. The number of anilines is 1.